The van der Waals surface area contributed by atoms with Crippen LogP contribution < -0.4 is 9.47 Å². The summed E-state index contributed by atoms with van der Waals surface area (Å²) in [6.45, 7) is 0.399. The molecule has 2 amide bonds. The molecule has 0 aliphatic carbocycles. The normalized spacial score (nSPS) is 15.4. The van der Waals surface area contributed by atoms with Gasteiger partial charge in [0.2, 0.25) is 0 Å². The third-order valence-electron chi connectivity index (χ3n) is 4.32. The first kappa shape index (κ1) is 20.5. The highest BCUT2D eigenvalue weighted by molar-refractivity contribution is 9.10. The van der Waals surface area contributed by atoms with Gasteiger partial charge in [-0.25, -0.2) is 0 Å². The van der Waals surface area contributed by atoms with Crippen LogP contribution >= 0.6 is 27.7 Å². The van der Waals surface area contributed by atoms with E-state index in [-0.39, 0.29) is 11.1 Å². The molecule has 1 heterocycles. The molecule has 0 aromatic heterocycles. The van der Waals surface area contributed by atoms with Crippen LogP contribution in [0.4, 0.5) is 4.79 Å². The van der Waals surface area contributed by atoms with Crippen LogP contribution in [-0.4, -0.2) is 36.8 Å². The first-order valence-corrected chi connectivity index (χ1v) is 10.3. The van der Waals surface area contributed by atoms with Crippen LogP contribution in [0.3, 0.4) is 0 Å². The maximum Gasteiger partial charge on any atom is 0.293 e. The summed E-state index contributed by atoms with van der Waals surface area (Å²) >= 11 is 4.38. The highest BCUT2D eigenvalue weighted by Gasteiger charge is 2.34. The fraction of sp³-hybridized carbons (Fsp3) is 0.238. The summed E-state index contributed by atoms with van der Waals surface area (Å²) in [7, 11) is 3.09. The lowest BCUT2D eigenvalue weighted by molar-refractivity contribution is -0.122. The zero-order valence-electron chi connectivity index (χ0n) is 15.6. The third-order valence-corrected chi connectivity index (χ3v) is 5.69. The van der Waals surface area contributed by atoms with Crippen LogP contribution in [0.5, 0.6) is 11.5 Å². The summed E-state index contributed by atoms with van der Waals surface area (Å²) < 4.78 is 11.5. The standard InChI is InChI=1S/C21H20BrNO4S/c1-26-17-13-16(22)11-15(19(17)27-2)12-18-20(24)23(21(25)28-18)10-6-9-14-7-4-3-5-8-14/h3-5,7-8,11-13H,6,9-10H2,1-2H3/b18-12+. The Morgan fingerprint density at radius 1 is 1.11 bits per heavy atom. The monoisotopic (exact) mass is 461 g/mol. The van der Waals surface area contributed by atoms with Crippen LogP contribution in [0, 0.1) is 0 Å². The van der Waals surface area contributed by atoms with Gasteiger partial charge >= 0.3 is 0 Å². The van der Waals surface area contributed by atoms with Gasteiger partial charge in [0.25, 0.3) is 11.1 Å². The van der Waals surface area contributed by atoms with Crippen molar-refractivity contribution in [1.82, 2.24) is 4.90 Å². The molecule has 0 radical (unpaired) electrons. The lowest BCUT2D eigenvalue weighted by atomic mass is 10.1. The second-order valence-corrected chi connectivity index (χ2v) is 8.06. The Morgan fingerprint density at radius 3 is 2.54 bits per heavy atom. The van der Waals surface area contributed by atoms with Gasteiger partial charge in [-0.15, -0.1) is 0 Å². The van der Waals surface area contributed by atoms with E-state index in [9.17, 15) is 9.59 Å². The topological polar surface area (TPSA) is 55.8 Å². The maximum atomic E-state index is 12.7. The highest BCUT2D eigenvalue weighted by Crippen LogP contribution is 2.39. The van der Waals surface area contributed by atoms with E-state index < -0.39 is 0 Å². The number of methoxy groups -OCH3 is 2. The van der Waals surface area contributed by atoms with Gasteiger partial charge in [0.05, 0.1) is 19.1 Å². The second-order valence-electron chi connectivity index (χ2n) is 6.15. The highest BCUT2D eigenvalue weighted by atomic mass is 79.9. The van der Waals surface area contributed by atoms with Crippen LogP contribution in [0.25, 0.3) is 6.08 Å². The van der Waals surface area contributed by atoms with E-state index in [1.165, 1.54) is 10.5 Å². The van der Waals surface area contributed by atoms with Crippen molar-refractivity contribution in [3.05, 3.63) is 63.0 Å². The van der Waals surface area contributed by atoms with Crippen molar-refractivity contribution in [1.29, 1.82) is 0 Å². The van der Waals surface area contributed by atoms with Crippen molar-refractivity contribution in [2.45, 2.75) is 12.8 Å². The number of thioether (sulfide) groups is 1. The lowest BCUT2D eigenvalue weighted by Gasteiger charge is -2.13. The van der Waals surface area contributed by atoms with Crippen LogP contribution in [0.1, 0.15) is 17.5 Å². The zero-order valence-corrected chi connectivity index (χ0v) is 18.0. The van der Waals surface area contributed by atoms with Crippen LogP contribution in [0.15, 0.2) is 51.8 Å². The summed E-state index contributed by atoms with van der Waals surface area (Å²) in [6, 6.07) is 13.6. The predicted molar refractivity (Wildman–Crippen MR) is 115 cm³/mol. The van der Waals surface area contributed by atoms with E-state index in [0.29, 0.717) is 28.5 Å². The van der Waals surface area contributed by atoms with Crippen molar-refractivity contribution in [2.75, 3.05) is 20.8 Å². The number of hydrogen-bond donors (Lipinski definition) is 0. The van der Waals surface area contributed by atoms with Crippen molar-refractivity contribution in [3.63, 3.8) is 0 Å². The van der Waals surface area contributed by atoms with Crippen LogP contribution in [0.2, 0.25) is 0 Å². The first-order valence-electron chi connectivity index (χ1n) is 8.74. The summed E-state index contributed by atoms with van der Waals surface area (Å²) in [5.74, 6) is 0.788. The summed E-state index contributed by atoms with van der Waals surface area (Å²) in [4.78, 5) is 26.8. The van der Waals surface area contributed by atoms with Gasteiger partial charge in [-0.05, 0) is 48.4 Å². The van der Waals surface area contributed by atoms with Gasteiger partial charge in [0.1, 0.15) is 0 Å². The van der Waals surface area contributed by atoms with E-state index in [4.69, 9.17) is 9.47 Å². The first-order chi connectivity index (χ1) is 13.5. The van der Waals surface area contributed by atoms with Gasteiger partial charge in [-0.3, -0.25) is 14.5 Å². The Kier molecular flexibility index (Phi) is 6.80. The van der Waals surface area contributed by atoms with E-state index in [1.807, 2.05) is 36.4 Å². The number of nitrogens with zero attached hydrogens (tertiary/aromatic N) is 1. The Balaban J connectivity index is 1.75. The number of ether oxygens (including phenoxy) is 2. The van der Waals surface area contributed by atoms with Gasteiger partial charge in [0.15, 0.2) is 11.5 Å². The molecule has 0 atom stereocenters. The largest absolute Gasteiger partial charge is 0.493 e. The molecule has 7 heteroatoms. The molecule has 0 unspecified atom stereocenters. The summed E-state index contributed by atoms with van der Waals surface area (Å²) in [5.41, 5.74) is 1.86. The smallest absolute Gasteiger partial charge is 0.293 e. The quantitative estimate of drug-likeness (QED) is 0.534. The predicted octanol–water partition coefficient (Wildman–Crippen LogP) is 5.14. The Morgan fingerprint density at radius 2 is 1.86 bits per heavy atom. The van der Waals surface area contributed by atoms with Crippen molar-refractivity contribution >= 4 is 44.9 Å². The van der Waals surface area contributed by atoms with E-state index in [0.717, 1.165) is 29.1 Å². The van der Waals surface area contributed by atoms with Crippen molar-refractivity contribution in [2.24, 2.45) is 0 Å². The molecule has 28 heavy (non-hydrogen) atoms. The molecule has 1 saturated heterocycles. The molecule has 2 aromatic rings. The van der Waals surface area contributed by atoms with Crippen molar-refractivity contribution < 1.29 is 19.1 Å². The Labute approximate surface area is 176 Å². The fourth-order valence-electron chi connectivity index (χ4n) is 2.99. The minimum absolute atomic E-state index is 0.245. The summed E-state index contributed by atoms with van der Waals surface area (Å²) in [6.07, 6.45) is 3.22. The zero-order chi connectivity index (χ0) is 20.1. The number of rotatable bonds is 7. The van der Waals surface area contributed by atoms with E-state index >= 15 is 0 Å². The SMILES string of the molecule is COc1cc(Br)cc(/C=C2/SC(=O)N(CCCc3ccccc3)C2=O)c1OC. The number of hydrogen-bond acceptors (Lipinski definition) is 5. The van der Waals surface area contributed by atoms with Gasteiger partial charge in [-0.1, -0.05) is 46.3 Å². The third kappa shape index (κ3) is 4.59. The van der Waals surface area contributed by atoms with Gasteiger partial charge in [-0.2, -0.15) is 0 Å². The molecule has 0 spiro atoms. The van der Waals surface area contributed by atoms with E-state index in [1.54, 1.807) is 26.4 Å². The number of imide groups is 1. The number of carbonyl (C=O) groups is 2. The molecular formula is C21H20BrNO4S. The van der Waals surface area contributed by atoms with Crippen LogP contribution in [-0.2, 0) is 11.2 Å². The Hall–Kier alpha value is -2.25. The molecule has 146 valence electrons. The molecule has 1 aliphatic rings. The average molecular weight is 462 g/mol. The lowest BCUT2D eigenvalue weighted by Crippen LogP contribution is -2.29. The number of halogens is 1. The average Bonchev–Trinajstić information content (AvgIpc) is 2.95. The molecule has 0 N–H and O–H groups in total. The number of benzene rings is 2. The fourth-order valence-corrected chi connectivity index (χ4v) is 4.30. The molecule has 5 nitrogen and oxygen atoms in total. The second kappa shape index (κ2) is 9.30. The molecule has 1 aliphatic heterocycles. The minimum Gasteiger partial charge on any atom is -0.493 e. The number of amides is 2. The van der Waals surface area contributed by atoms with Crippen molar-refractivity contribution in [3.8, 4) is 11.5 Å². The Bertz CT molecular complexity index is 914. The van der Waals surface area contributed by atoms with Gasteiger partial charge < -0.3 is 9.47 Å². The summed E-state index contributed by atoms with van der Waals surface area (Å²) in [5, 5.41) is -0.245. The minimum atomic E-state index is -0.274. The van der Waals surface area contributed by atoms with E-state index in [2.05, 4.69) is 15.9 Å². The molecule has 1 fully saturated rings. The molecule has 0 saturated carbocycles. The molecule has 2 aromatic carbocycles. The van der Waals surface area contributed by atoms with Gasteiger partial charge in [0, 0.05) is 16.6 Å². The number of aryl methyl sites for hydroxylation is 1. The maximum absolute atomic E-state index is 12.7. The number of carbonyl (C=O) groups excluding carboxylic acids is 2. The molecule has 3 rings (SSSR count). The molecular weight excluding hydrogens is 442 g/mol. The molecule has 0 bridgehead atoms.